The van der Waals surface area contributed by atoms with E-state index in [0.29, 0.717) is 13.2 Å². The normalized spacial score (nSPS) is 17.3. The molecule has 2 rings (SSSR count). The molecule has 0 amide bonds. The molecule has 7 heteroatoms. The van der Waals surface area contributed by atoms with Gasteiger partial charge in [-0.15, -0.1) is 0 Å². The van der Waals surface area contributed by atoms with E-state index in [1.54, 1.807) is 4.68 Å². The second kappa shape index (κ2) is 4.48. The SMILES string of the molecule is COc1c([N+](=O)[O-])cnn1C1CCOCC1. The van der Waals surface area contributed by atoms with Crippen molar-refractivity contribution in [2.45, 2.75) is 18.9 Å². The number of nitro groups is 1. The zero-order chi connectivity index (χ0) is 11.5. The second-order valence-electron chi connectivity index (χ2n) is 3.58. The van der Waals surface area contributed by atoms with Gasteiger partial charge in [-0.3, -0.25) is 10.1 Å². The van der Waals surface area contributed by atoms with Gasteiger partial charge in [0.15, 0.2) is 0 Å². The van der Waals surface area contributed by atoms with Crippen molar-refractivity contribution >= 4 is 5.69 Å². The third-order valence-corrected chi connectivity index (χ3v) is 2.66. The summed E-state index contributed by atoms with van der Waals surface area (Å²) < 4.78 is 11.9. The summed E-state index contributed by atoms with van der Waals surface area (Å²) in [5.74, 6) is 0.219. The summed E-state index contributed by atoms with van der Waals surface area (Å²) in [6.45, 7) is 1.31. The first-order valence-electron chi connectivity index (χ1n) is 5.07. The molecule has 16 heavy (non-hydrogen) atoms. The predicted octanol–water partition coefficient (Wildman–Crippen LogP) is 1.15. The number of methoxy groups -OCH3 is 1. The summed E-state index contributed by atoms with van der Waals surface area (Å²) in [7, 11) is 1.42. The van der Waals surface area contributed by atoms with Gasteiger partial charge in [-0.1, -0.05) is 0 Å². The van der Waals surface area contributed by atoms with E-state index in [9.17, 15) is 10.1 Å². The van der Waals surface area contributed by atoms with Gasteiger partial charge in [0.25, 0.3) is 5.88 Å². The highest BCUT2D eigenvalue weighted by atomic mass is 16.6. The van der Waals surface area contributed by atoms with E-state index in [-0.39, 0.29) is 17.6 Å². The Morgan fingerprint density at radius 1 is 1.62 bits per heavy atom. The van der Waals surface area contributed by atoms with E-state index < -0.39 is 4.92 Å². The highest BCUT2D eigenvalue weighted by molar-refractivity contribution is 5.39. The molecular weight excluding hydrogens is 214 g/mol. The molecule has 0 N–H and O–H groups in total. The van der Waals surface area contributed by atoms with Crippen LogP contribution in [0.4, 0.5) is 5.69 Å². The first-order chi connectivity index (χ1) is 7.74. The van der Waals surface area contributed by atoms with Crippen molar-refractivity contribution in [3.8, 4) is 5.88 Å². The minimum absolute atomic E-state index is 0.0889. The lowest BCUT2D eigenvalue weighted by Gasteiger charge is -2.22. The van der Waals surface area contributed by atoms with E-state index in [0.717, 1.165) is 12.8 Å². The first kappa shape index (κ1) is 10.9. The molecular formula is C9H13N3O4. The van der Waals surface area contributed by atoms with Gasteiger partial charge in [-0.2, -0.15) is 5.10 Å². The van der Waals surface area contributed by atoms with E-state index >= 15 is 0 Å². The molecule has 0 atom stereocenters. The van der Waals surface area contributed by atoms with Gasteiger partial charge in [-0.05, 0) is 12.8 Å². The molecule has 2 heterocycles. The van der Waals surface area contributed by atoms with Crippen molar-refractivity contribution < 1.29 is 14.4 Å². The maximum atomic E-state index is 10.7. The Morgan fingerprint density at radius 2 is 2.31 bits per heavy atom. The molecule has 0 aromatic carbocycles. The third-order valence-electron chi connectivity index (χ3n) is 2.66. The summed E-state index contributed by atoms with van der Waals surface area (Å²) in [5.41, 5.74) is -0.0889. The van der Waals surface area contributed by atoms with Crippen molar-refractivity contribution in [3.63, 3.8) is 0 Å². The topological polar surface area (TPSA) is 79.4 Å². The van der Waals surface area contributed by atoms with Crippen molar-refractivity contribution in [1.82, 2.24) is 9.78 Å². The highest BCUT2D eigenvalue weighted by Gasteiger charge is 2.27. The number of ether oxygens (including phenoxy) is 2. The third kappa shape index (κ3) is 1.85. The predicted molar refractivity (Wildman–Crippen MR) is 54.5 cm³/mol. The van der Waals surface area contributed by atoms with Gasteiger partial charge in [0.05, 0.1) is 18.1 Å². The zero-order valence-electron chi connectivity index (χ0n) is 8.96. The lowest BCUT2D eigenvalue weighted by molar-refractivity contribution is -0.385. The van der Waals surface area contributed by atoms with Gasteiger partial charge < -0.3 is 9.47 Å². The smallest absolute Gasteiger partial charge is 0.350 e. The fourth-order valence-electron chi connectivity index (χ4n) is 1.86. The van der Waals surface area contributed by atoms with Crippen molar-refractivity contribution in [3.05, 3.63) is 16.3 Å². The van der Waals surface area contributed by atoms with Crippen LogP contribution in [0.3, 0.4) is 0 Å². The van der Waals surface area contributed by atoms with Gasteiger partial charge >= 0.3 is 5.69 Å². The number of nitrogens with zero attached hydrogens (tertiary/aromatic N) is 3. The van der Waals surface area contributed by atoms with Gasteiger partial charge in [-0.25, -0.2) is 4.68 Å². The van der Waals surface area contributed by atoms with Crippen molar-refractivity contribution in [2.24, 2.45) is 0 Å². The number of hydrogen-bond acceptors (Lipinski definition) is 5. The Labute approximate surface area is 92.1 Å². The molecule has 0 unspecified atom stereocenters. The van der Waals surface area contributed by atoms with Crippen molar-refractivity contribution in [2.75, 3.05) is 20.3 Å². The number of rotatable bonds is 3. The monoisotopic (exact) mass is 227 g/mol. The highest BCUT2D eigenvalue weighted by Crippen LogP contribution is 2.32. The quantitative estimate of drug-likeness (QED) is 0.571. The van der Waals surface area contributed by atoms with Crippen LogP contribution in [-0.2, 0) is 4.74 Å². The maximum Gasteiger partial charge on any atom is 0.350 e. The minimum Gasteiger partial charge on any atom is -0.476 e. The largest absolute Gasteiger partial charge is 0.476 e. The van der Waals surface area contributed by atoms with E-state index in [4.69, 9.17) is 9.47 Å². The standard InChI is InChI=1S/C9H13N3O4/c1-15-9-8(12(13)14)6-10-11(9)7-2-4-16-5-3-7/h6-7H,2-5H2,1H3. The van der Waals surface area contributed by atoms with Crippen LogP contribution in [0, 0.1) is 10.1 Å². The lowest BCUT2D eigenvalue weighted by Crippen LogP contribution is -2.21. The summed E-state index contributed by atoms with van der Waals surface area (Å²) in [4.78, 5) is 10.2. The first-order valence-corrected chi connectivity index (χ1v) is 5.07. The maximum absolute atomic E-state index is 10.7. The molecule has 0 radical (unpaired) electrons. The zero-order valence-corrected chi connectivity index (χ0v) is 8.96. The summed E-state index contributed by atoms with van der Waals surface area (Å²) in [5, 5.41) is 14.8. The van der Waals surface area contributed by atoms with Crippen LogP contribution in [0.25, 0.3) is 0 Å². The van der Waals surface area contributed by atoms with Gasteiger partial charge in [0.2, 0.25) is 0 Å². The summed E-state index contributed by atoms with van der Waals surface area (Å²) in [6, 6.07) is 0.123. The molecule has 1 aliphatic rings. The Kier molecular flexibility index (Phi) is 3.04. The molecule has 7 nitrogen and oxygen atoms in total. The van der Waals surface area contributed by atoms with E-state index in [1.165, 1.54) is 13.3 Å². The number of aromatic nitrogens is 2. The van der Waals surface area contributed by atoms with Crippen LogP contribution in [0.15, 0.2) is 6.20 Å². The summed E-state index contributed by atoms with van der Waals surface area (Å²) in [6.07, 6.45) is 2.83. The van der Waals surface area contributed by atoms with Gasteiger partial charge in [0.1, 0.15) is 6.20 Å². The Bertz CT molecular complexity index is 384. The second-order valence-corrected chi connectivity index (χ2v) is 3.58. The minimum atomic E-state index is -0.484. The molecule has 1 saturated heterocycles. The summed E-state index contributed by atoms with van der Waals surface area (Å²) >= 11 is 0. The molecule has 1 aromatic rings. The molecule has 1 fully saturated rings. The van der Waals surface area contributed by atoms with Crippen LogP contribution in [0.2, 0.25) is 0 Å². The molecule has 1 aromatic heterocycles. The van der Waals surface area contributed by atoms with Crippen LogP contribution >= 0.6 is 0 Å². The van der Waals surface area contributed by atoms with Gasteiger partial charge in [0, 0.05) is 13.2 Å². The Morgan fingerprint density at radius 3 is 2.88 bits per heavy atom. The van der Waals surface area contributed by atoms with Crippen LogP contribution in [0.5, 0.6) is 5.88 Å². The Hall–Kier alpha value is -1.63. The molecule has 0 aliphatic carbocycles. The molecule has 0 spiro atoms. The fraction of sp³-hybridized carbons (Fsp3) is 0.667. The Balaban J connectivity index is 2.29. The molecule has 0 saturated carbocycles. The van der Waals surface area contributed by atoms with Crippen LogP contribution in [-0.4, -0.2) is 35.0 Å². The average molecular weight is 227 g/mol. The molecule has 0 bridgehead atoms. The molecule has 1 aliphatic heterocycles. The number of hydrogen-bond donors (Lipinski definition) is 0. The van der Waals surface area contributed by atoms with Crippen LogP contribution < -0.4 is 4.74 Å². The van der Waals surface area contributed by atoms with E-state index in [2.05, 4.69) is 5.10 Å². The lowest BCUT2D eigenvalue weighted by atomic mass is 10.1. The van der Waals surface area contributed by atoms with Crippen LogP contribution in [0.1, 0.15) is 18.9 Å². The fourth-order valence-corrected chi connectivity index (χ4v) is 1.86. The average Bonchev–Trinajstić information content (AvgIpc) is 2.73. The molecule has 88 valence electrons. The van der Waals surface area contributed by atoms with Crippen molar-refractivity contribution in [1.29, 1.82) is 0 Å². The van der Waals surface area contributed by atoms with E-state index in [1.807, 2.05) is 0 Å².